The van der Waals surface area contributed by atoms with E-state index in [0.29, 0.717) is 0 Å². The first-order valence-corrected chi connectivity index (χ1v) is 6.34. The number of piperidine rings is 2. The number of carbonyl (C=O) groups excluding carboxylic acids is 1. The molecule has 6 heteroatoms. The SMILES string of the molecule is COC(=O)C1CCN(C2CCNCC2)CC1.Cl.Cl. The van der Waals surface area contributed by atoms with Crippen molar-refractivity contribution in [3.05, 3.63) is 0 Å². The van der Waals surface area contributed by atoms with Crippen molar-refractivity contribution in [3.63, 3.8) is 0 Å². The van der Waals surface area contributed by atoms with Gasteiger partial charge in [-0.2, -0.15) is 0 Å². The number of halogens is 2. The smallest absolute Gasteiger partial charge is 0.308 e. The number of rotatable bonds is 2. The van der Waals surface area contributed by atoms with Crippen molar-refractivity contribution in [2.24, 2.45) is 5.92 Å². The number of hydrogen-bond acceptors (Lipinski definition) is 4. The molecule has 0 radical (unpaired) electrons. The lowest BCUT2D eigenvalue weighted by Gasteiger charge is -2.38. The minimum atomic E-state index is -0.0232. The van der Waals surface area contributed by atoms with Gasteiger partial charge in [0.05, 0.1) is 13.0 Å². The third kappa shape index (κ3) is 4.57. The molecule has 0 aromatic carbocycles. The molecule has 0 spiro atoms. The van der Waals surface area contributed by atoms with Gasteiger partial charge in [-0.1, -0.05) is 0 Å². The topological polar surface area (TPSA) is 41.6 Å². The molecule has 2 saturated heterocycles. The first-order chi connectivity index (χ1) is 7.81. The highest BCUT2D eigenvalue weighted by Gasteiger charge is 2.29. The number of carbonyl (C=O) groups is 1. The maximum Gasteiger partial charge on any atom is 0.308 e. The summed E-state index contributed by atoms with van der Waals surface area (Å²) in [6, 6.07) is 0.736. The molecule has 2 aliphatic rings. The molecule has 108 valence electrons. The highest BCUT2D eigenvalue weighted by molar-refractivity contribution is 5.85. The van der Waals surface area contributed by atoms with Crippen LogP contribution in [-0.4, -0.2) is 50.2 Å². The fraction of sp³-hybridized carbons (Fsp3) is 0.917. The largest absolute Gasteiger partial charge is 0.469 e. The Morgan fingerprint density at radius 2 is 1.67 bits per heavy atom. The van der Waals surface area contributed by atoms with Crippen molar-refractivity contribution < 1.29 is 9.53 Å². The quantitative estimate of drug-likeness (QED) is 0.784. The molecule has 1 N–H and O–H groups in total. The zero-order valence-corrected chi connectivity index (χ0v) is 12.5. The fourth-order valence-corrected chi connectivity index (χ4v) is 2.84. The number of methoxy groups -OCH3 is 1. The Balaban J connectivity index is 0.00000144. The van der Waals surface area contributed by atoms with Gasteiger partial charge >= 0.3 is 5.97 Å². The predicted octanol–water partition coefficient (Wildman–Crippen LogP) is 1.47. The Morgan fingerprint density at radius 1 is 1.11 bits per heavy atom. The van der Waals surface area contributed by atoms with Crippen LogP contribution in [-0.2, 0) is 9.53 Å². The van der Waals surface area contributed by atoms with Gasteiger partial charge in [-0.25, -0.2) is 0 Å². The number of nitrogens with one attached hydrogen (secondary N) is 1. The summed E-state index contributed by atoms with van der Waals surface area (Å²) in [5.74, 6) is 0.118. The van der Waals surface area contributed by atoms with Crippen LogP contribution in [0.3, 0.4) is 0 Å². The molecule has 2 rings (SSSR count). The summed E-state index contributed by atoms with van der Waals surface area (Å²) in [7, 11) is 1.49. The van der Waals surface area contributed by atoms with Crippen molar-refractivity contribution in [3.8, 4) is 0 Å². The molecule has 2 fully saturated rings. The summed E-state index contributed by atoms with van der Waals surface area (Å²) in [5, 5.41) is 3.39. The van der Waals surface area contributed by atoms with Gasteiger partial charge in [0.15, 0.2) is 0 Å². The highest BCUT2D eigenvalue weighted by Crippen LogP contribution is 2.22. The summed E-state index contributed by atoms with van der Waals surface area (Å²) in [5.41, 5.74) is 0. The molecular weight excluding hydrogens is 275 g/mol. The molecule has 0 aromatic heterocycles. The van der Waals surface area contributed by atoms with E-state index in [2.05, 4.69) is 10.2 Å². The molecule has 4 nitrogen and oxygen atoms in total. The third-order valence-electron chi connectivity index (χ3n) is 3.89. The Hall–Kier alpha value is -0.0300. The van der Waals surface area contributed by atoms with Crippen LogP contribution < -0.4 is 5.32 Å². The number of esters is 1. The van der Waals surface area contributed by atoms with Crippen molar-refractivity contribution in [1.29, 1.82) is 0 Å². The molecule has 0 bridgehead atoms. The molecular formula is C12H24Cl2N2O2. The van der Waals surface area contributed by atoms with Gasteiger partial charge in [0.1, 0.15) is 0 Å². The molecule has 0 amide bonds. The van der Waals surface area contributed by atoms with Crippen LogP contribution in [0.4, 0.5) is 0 Å². The second-order valence-corrected chi connectivity index (χ2v) is 4.81. The van der Waals surface area contributed by atoms with E-state index in [1.54, 1.807) is 0 Å². The minimum Gasteiger partial charge on any atom is -0.469 e. The number of ether oxygens (including phenoxy) is 1. The second kappa shape index (κ2) is 8.97. The molecule has 0 aliphatic carbocycles. The maximum absolute atomic E-state index is 11.4. The van der Waals surface area contributed by atoms with E-state index < -0.39 is 0 Å². The average Bonchev–Trinajstić information content (AvgIpc) is 2.39. The highest BCUT2D eigenvalue weighted by atomic mass is 35.5. The van der Waals surface area contributed by atoms with E-state index in [9.17, 15) is 4.79 Å². The Labute approximate surface area is 122 Å². The summed E-state index contributed by atoms with van der Waals surface area (Å²) in [6.45, 7) is 4.40. The predicted molar refractivity (Wildman–Crippen MR) is 76.7 cm³/mol. The zero-order chi connectivity index (χ0) is 11.4. The zero-order valence-electron chi connectivity index (χ0n) is 10.9. The molecule has 0 unspecified atom stereocenters. The van der Waals surface area contributed by atoms with E-state index in [4.69, 9.17) is 4.74 Å². The summed E-state index contributed by atoms with van der Waals surface area (Å²) < 4.78 is 4.80. The van der Waals surface area contributed by atoms with Crippen LogP contribution in [0.25, 0.3) is 0 Å². The van der Waals surface area contributed by atoms with Gasteiger partial charge in [-0.3, -0.25) is 4.79 Å². The molecule has 0 aromatic rings. The fourth-order valence-electron chi connectivity index (χ4n) is 2.84. The average molecular weight is 299 g/mol. The van der Waals surface area contributed by atoms with Crippen molar-refractivity contribution >= 4 is 30.8 Å². The van der Waals surface area contributed by atoms with Gasteiger partial charge in [-0.05, 0) is 51.9 Å². The van der Waals surface area contributed by atoms with E-state index >= 15 is 0 Å². The number of nitrogens with zero attached hydrogens (tertiary/aromatic N) is 1. The van der Waals surface area contributed by atoms with Gasteiger partial charge < -0.3 is 15.0 Å². The lowest BCUT2D eigenvalue weighted by Crippen LogP contribution is -2.47. The van der Waals surface area contributed by atoms with E-state index in [-0.39, 0.29) is 36.7 Å². The normalized spacial score (nSPS) is 22.7. The summed E-state index contributed by atoms with van der Waals surface area (Å²) in [4.78, 5) is 14.0. The Kier molecular flexibility index (Phi) is 8.95. The lowest BCUT2D eigenvalue weighted by molar-refractivity contribution is -0.147. The molecule has 0 saturated carbocycles. The van der Waals surface area contributed by atoms with Crippen molar-refractivity contribution in [2.45, 2.75) is 31.7 Å². The summed E-state index contributed by atoms with van der Waals surface area (Å²) in [6.07, 6.45) is 4.44. The minimum absolute atomic E-state index is 0. The van der Waals surface area contributed by atoms with Gasteiger partial charge in [0.2, 0.25) is 0 Å². The first kappa shape index (κ1) is 18.0. The monoisotopic (exact) mass is 298 g/mol. The van der Waals surface area contributed by atoms with Gasteiger partial charge in [0.25, 0.3) is 0 Å². The van der Waals surface area contributed by atoms with E-state index in [1.807, 2.05) is 0 Å². The van der Waals surface area contributed by atoms with E-state index in [0.717, 1.165) is 45.1 Å². The number of likely N-dealkylation sites (tertiary alicyclic amines) is 1. The molecule has 0 atom stereocenters. The summed E-state index contributed by atoms with van der Waals surface area (Å²) >= 11 is 0. The standard InChI is InChI=1S/C12H22N2O2.2ClH/c1-16-12(15)10-4-8-14(9-5-10)11-2-6-13-7-3-11;;/h10-11,13H,2-9H2,1H3;2*1H. The Bertz CT molecular complexity index is 240. The second-order valence-electron chi connectivity index (χ2n) is 4.81. The molecule has 2 heterocycles. The molecule has 2 aliphatic heterocycles. The van der Waals surface area contributed by atoms with Crippen LogP contribution in [0.15, 0.2) is 0 Å². The van der Waals surface area contributed by atoms with Crippen LogP contribution in [0.1, 0.15) is 25.7 Å². The third-order valence-corrected chi connectivity index (χ3v) is 3.89. The van der Waals surface area contributed by atoms with Crippen LogP contribution in [0, 0.1) is 5.92 Å². The molecule has 18 heavy (non-hydrogen) atoms. The van der Waals surface area contributed by atoms with Gasteiger partial charge in [-0.15, -0.1) is 24.8 Å². The van der Waals surface area contributed by atoms with Crippen LogP contribution >= 0.6 is 24.8 Å². The van der Waals surface area contributed by atoms with Gasteiger partial charge in [0, 0.05) is 6.04 Å². The number of hydrogen-bond donors (Lipinski definition) is 1. The van der Waals surface area contributed by atoms with Crippen molar-refractivity contribution in [1.82, 2.24) is 10.2 Å². The van der Waals surface area contributed by atoms with Crippen molar-refractivity contribution in [2.75, 3.05) is 33.3 Å². The lowest BCUT2D eigenvalue weighted by atomic mass is 9.94. The Morgan fingerprint density at radius 3 is 2.17 bits per heavy atom. The first-order valence-electron chi connectivity index (χ1n) is 6.34. The maximum atomic E-state index is 11.4. The van der Waals surface area contributed by atoms with E-state index in [1.165, 1.54) is 20.0 Å². The van der Waals surface area contributed by atoms with Crippen LogP contribution in [0.5, 0.6) is 0 Å². The van der Waals surface area contributed by atoms with Crippen LogP contribution in [0.2, 0.25) is 0 Å².